The molecule has 0 saturated heterocycles. The van der Waals surface area contributed by atoms with Crippen molar-refractivity contribution in [2.24, 2.45) is 0 Å². The van der Waals surface area contributed by atoms with Crippen LogP contribution in [0.3, 0.4) is 0 Å². The number of aliphatic hydroxyl groups excluding tert-OH is 1. The van der Waals surface area contributed by atoms with Crippen LogP contribution in [0, 0.1) is 0 Å². The highest BCUT2D eigenvalue weighted by Crippen LogP contribution is 2.19. The van der Waals surface area contributed by atoms with Crippen molar-refractivity contribution in [3.63, 3.8) is 0 Å². The van der Waals surface area contributed by atoms with Gasteiger partial charge in [-0.15, -0.1) is 0 Å². The molecule has 0 amide bonds. The molecule has 0 aromatic carbocycles. The Morgan fingerprint density at radius 3 is 3.08 bits per heavy atom. The molecule has 0 aliphatic carbocycles. The highest BCUT2D eigenvalue weighted by Gasteiger charge is 2.02. The second-order valence-electron chi connectivity index (χ2n) is 2.30. The van der Waals surface area contributed by atoms with Gasteiger partial charge in [-0.05, 0) is 18.0 Å². The summed E-state index contributed by atoms with van der Waals surface area (Å²) in [5.41, 5.74) is 0. The molecule has 1 aromatic heterocycles. The zero-order chi connectivity index (χ0) is 8.81. The van der Waals surface area contributed by atoms with Crippen LogP contribution in [0.2, 0.25) is 0 Å². The van der Waals surface area contributed by atoms with Gasteiger partial charge < -0.3 is 5.11 Å². The molecule has 0 spiro atoms. The third kappa shape index (κ3) is 3.08. The SMILES string of the molecule is CCCc1nsc(SCCO)n1. The predicted molar refractivity (Wildman–Crippen MR) is 51.7 cm³/mol. The lowest BCUT2D eigenvalue weighted by Gasteiger charge is -1.89. The zero-order valence-corrected chi connectivity index (χ0v) is 8.62. The minimum absolute atomic E-state index is 0.202. The average Bonchev–Trinajstić information content (AvgIpc) is 2.50. The number of hydrogen-bond donors (Lipinski definition) is 1. The number of aliphatic hydroxyl groups is 1. The molecule has 1 aromatic rings. The van der Waals surface area contributed by atoms with Crippen molar-refractivity contribution in [3.8, 4) is 0 Å². The van der Waals surface area contributed by atoms with E-state index in [4.69, 9.17) is 5.11 Å². The lowest BCUT2D eigenvalue weighted by molar-refractivity contribution is 0.322. The van der Waals surface area contributed by atoms with Gasteiger partial charge in [0.25, 0.3) is 0 Å². The van der Waals surface area contributed by atoms with E-state index in [1.54, 1.807) is 11.8 Å². The van der Waals surface area contributed by atoms with Crippen LogP contribution in [0.5, 0.6) is 0 Å². The van der Waals surface area contributed by atoms with Gasteiger partial charge in [-0.3, -0.25) is 0 Å². The Morgan fingerprint density at radius 2 is 2.42 bits per heavy atom. The Hall–Kier alpha value is -0.130. The summed E-state index contributed by atoms with van der Waals surface area (Å²) in [7, 11) is 0. The summed E-state index contributed by atoms with van der Waals surface area (Å²) < 4.78 is 5.15. The van der Waals surface area contributed by atoms with Gasteiger partial charge in [-0.25, -0.2) is 4.98 Å². The minimum Gasteiger partial charge on any atom is -0.396 e. The maximum Gasteiger partial charge on any atom is 0.170 e. The molecule has 12 heavy (non-hydrogen) atoms. The summed E-state index contributed by atoms with van der Waals surface area (Å²) in [6, 6.07) is 0. The van der Waals surface area contributed by atoms with Crippen molar-refractivity contribution < 1.29 is 5.11 Å². The topological polar surface area (TPSA) is 46.0 Å². The van der Waals surface area contributed by atoms with Crippen LogP contribution in [0.25, 0.3) is 0 Å². The van der Waals surface area contributed by atoms with Crippen LogP contribution >= 0.6 is 23.3 Å². The number of hydrogen-bond acceptors (Lipinski definition) is 5. The van der Waals surface area contributed by atoms with Crippen molar-refractivity contribution in [1.82, 2.24) is 9.36 Å². The van der Waals surface area contributed by atoms with E-state index in [9.17, 15) is 0 Å². The van der Waals surface area contributed by atoms with Crippen LogP contribution in [0.4, 0.5) is 0 Å². The van der Waals surface area contributed by atoms with E-state index in [-0.39, 0.29) is 6.61 Å². The number of aryl methyl sites for hydroxylation is 1. The van der Waals surface area contributed by atoms with Crippen molar-refractivity contribution >= 4 is 23.3 Å². The summed E-state index contributed by atoms with van der Waals surface area (Å²) in [4.78, 5) is 4.30. The predicted octanol–water partition coefficient (Wildman–Crippen LogP) is 1.57. The van der Waals surface area contributed by atoms with Crippen LogP contribution in [0.15, 0.2) is 4.34 Å². The Kier molecular flexibility index (Phi) is 4.57. The normalized spacial score (nSPS) is 10.5. The van der Waals surface area contributed by atoms with Gasteiger partial charge >= 0.3 is 0 Å². The van der Waals surface area contributed by atoms with Crippen molar-refractivity contribution in [2.45, 2.75) is 24.1 Å². The van der Waals surface area contributed by atoms with E-state index in [0.717, 1.165) is 23.0 Å². The summed E-state index contributed by atoms with van der Waals surface area (Å²) in [5, 5.41) is 8.57. The van der Waals surface area contributed by atoms with Gasteiger partial charge in [0.15, 0.2) is 4.34 Å². The van der Waals surface area contributed by atoms with E-state index >= 15 is 0 Å². The van der Waals surface area contributed by atoms with Gasteiger partial charge in [0.05, 0.1) is 6.61 Å². The lowest BCUT2D eigenvalue weighted by Crippen LogP contribution is -1.87. The van der Waals surface area contributed by atoms with Crippen LogP contribution < -0.4 is 0 Å². The lowest BCUT2D eigenvalue weighted by atomic mass is 10.3. The first-order valence-corrected chi connectivity index (χ1v) is 5.69. The van der Waals surface area contributed by atoms with E-state index < -0.39 is 0 Å². The maximum absolute atomic E-state index is 8.57. The highest BCUT2D eigenvalue weighted by molar-refractivity contribution is 8.00. The first-order valence-electron chi connectivity index (χ1n) is 3.93. The van der Waals surface area contributed by atoms with E-state index in [1.165, 1.54) is 11.5 Å². The van der Waals surface area contributed by atoms with Crippen LogP contribution in [-0.2, 0) is 6.42 Å². The molecule has 0 radical (unpaired) electrons. The molecule has 0 aliphatic heterocycles. The molecule has 68 valence electrons. The number of thioether (sulfide) groups is 1. The van der Waals surface area contributed by atoms with Gasteiger partial charge in [0.2, 0.25) is 0 Å². The monoisotopic (exact) mass is 204 g/mol. The second kappa shape index (κ2) is 5.50. The molecule has 0 fully saturated rings. The minimum atomic E-state index is 0.202. The average molecular weight is 204 g/mol. The number of aromatic nitrogens is 2. The maximum atomic E-state index is 8.57. The molecule has 1 heterocycles. The van der Waals surface area contributed by atoms with E-state index in [0.29, 0.717) is 5.75 Å². The van der Waals surface area contributed by atoms with Crippen molar-refractivity contribution in [3.05, 3.63) is 5.82 Å². The molecule has 0 saturated carbocycles. The fraction of sp³-hybridized carbons (Fsp3) is 0.714. The summed E-state index contributed by atoms with van der Waals surface area (Å²) in [6.07, 6.45) is 2.04. The summed E-state index contributed by atoms with van der Waals surface area (Å²) in [6.45, 7) is 2.31. The third-order valence-electron chi connectivity index (χ3n) is 1.24. The van der Waals surface area contributed by atoms with Crippen molar-refractivity contribution in [2.75, 3.05) is 12.4 Å². The number of nitrogens with zero attached hydrogens (tertiary/aromatic N) is 2. The zero-order valence-electron chi connectivity index (χ0n) is 6.99. The third-order valence-corrected chi connectivity index (χ3v) is 3.09. The van der Waals surface area contributed by atoms with E-state index in [2.05, 4.69) is 16.3 Å². The Balaban J connectivity index is 2.41. The second-order valence-corrected chi connectivity index (χ2v) is 4.39. The standard InChI is InChI=1S/C7H12N2OS2/c1-2-3-6-8-7(12-9-6)11-5-4-10/h10H,2-5H2,1H3. The quantitative estimate of drug-likeness (QED) is 0.740. The van der Waals surface area contributed by atoms with Crippen LogP contribution in [-0.4, -0.2) is 26.8 Å². The highest BCUT2D eigenvalue weighted by atomic mass is 32.2. The van der Waals surface area contributed by atoms with Gasteiger partial charge in [-0.1, -0.05) is 18.7 Å². The molecule has 0 atom stereocenters. The van der Waals surface area contributed by atoms with Crippen LogP contribution in [0.1, 0.15) is 19.2 Å². The molecular formula is C7H12N2OS2. The number of rotatable bonds is 5. The first kappa shape index (κ1) is 9.95. The molecule has 5 heteroatoms. The molecule has 1 rings (SSSR count). The largest absolute Gasteiger partial charge is 0.396 e. The molecule has 0 aliphatic rings. The summed E-state index contributed by atoms with van der Waals surface area (Å²) >= 11 is 2.98. The molecule has 0 bridgehead atoms. The Bertz CT molecular complexity index is 227. The Labute approximate surface area is 80.4 Å². The smallest absolute Gasteiger partial charge is 0.170 e. The fourth-order valence-electron chi connectivity index (χ4n) is 0.755. The first-order chi connectivity index (χ1) is 5.86. The van der Waals surface area contributed by atoms with E-state index in [1.807, 2.05) is 0 Å². The molecule has 0 unspecified atom stereocenters. The fourth-order valence-corrected chi connectivity index (χ4v) is 2.22. The van der Waals surface area contributed by atoms with Crippen molar-refractivity contribution in [1.29, 1.82) is 0 Å². The van der Waals surface area contributed by atoms with Gasteiger partial charge in [-0.2, -0.15) is 4.37 Å². The summed E-state index contributed by atoms with van der Waals surface area (Å²) in [5.74, 6) is 1.64. The van der Waals surface area contributed by atoms with Gasteiger partial charge in [0.1, 0.15) is 5.82 Å². The van der Waals surface area contributed by atoms with Gasteiger partial charge in [0, 0.05) is 12.2 Å². The molecule has 1 N–H and O–H groups in total. The molecular weight excluding hydrogens is 192 g/mol. The Morgan fingerprint density at radius 1 is 1.58 bits per heavy atom. The molecule has 3 nitrogen and oxygen atoms in total.